The molecule has 3 aromatic rings. The maximum Gasteiger partial charge on any atom is 0.254 e. The molecule has 0 radical (unpaired) electrons. The molecule has 1 N–H and O–H groups in total. The van der Waals surface area contributed by atoms with Gasteiger partial charge in [-0.3, -0.25) is 9.59 Å². The first-order valence-corrected chi connectivity index (χ1v) is 9.24. The molecule has 0 saturated heterocycles. The summed E-state index contributed by atoms with van der Waals surface area (Å²) < 4.78 is 5.30. The van der Waals surface area contributed by atoms with E-state index in [0.717, 1.165) is 10.4 Å². The van der Waals surface area contributed by atoms with Crippen molar-refractivity contribution in [2.45, 2.75) is 18.5 Å². The van der Waals surface area contributed by atoms with Crippen molar-refractivity contribution in [1.82, 2.24) is 10.2 Å². The molecule has 3 heterocycles. The lowest BCUT2D eigenvalue weighted by Gasteiger charge is -2.39. The van der Waals surface area contributed by atoms with Crippen LogP contribution in [-0.4, -0.2) is 23.8 Å². The maximum absolute atomic E-state index is 13.1. The van der Waals surface area contributed by atoms with Gasteiger partial charge in [0, 0.05) is 17.5 Å². The van der Waals surface area contributed by atoms with Crippen molar-refractivity contribution in [2.24, 2.45) is 0 Å². The van der Waals surface area contributed by atoms with Crippen molar-refractivity contribution in [1.29, 1.82) is 0 Å². The smallest absolute Gasteiger partial charge is 0.254 e. The Morgan fingerprint density at radius 2 is 2.04 bits per heavy atom. The van der Waals surface area contributed by atoms with Crippen molar-refractivity contribution in [3.05, 3.63) is 81.9 Å². The summed E-state index contributed by atoms with van der Waals surface area (Å²) in [5.41, 5.74) is 1.35. The Morgan fingerprint density at radius 3 is 2.77 bits per heavy atom. The quantitative estimate of drug-likeness (QED) is 0.768. The van der Waals surface area contributed by atoms with Gasteiger partial charge in [0.05, 0.1) is 24.8 Å². The molecule has 1 aliphatic heterocycles. The number of carbonyl (C=O) groups is 2. The number of rotatable bonds is 4. The number of nitrogens with zero attached hydrogens (tertiary/aromatic N) is 1. The van der Waals surface area contributed by atoms with Crippen molar-refractivity contribution in [2.75, 3.05) is 7.05 Å². The minimum Gasteiger partial charge on any atom is -0.467 e. The highest BCUT2D eigenvalue weighted by Gasteiger charge is 2.42. The first-order valence-electron chi connectivity index (χ1n) is 8.36. The fourth-order valence-electron chi connectivity index (χ4n) is 3.47. The van der Waals surface area contributed by atoms with Crippen molar-refractivity contribution in [3.63, 3.8) is 0 Å². The molecule has 2 atom stereocenters. The molecule has 0 bridgehead atoms. The zero-order valence-corrected chi connectivity index (χ0v) is 15.0. The second-order valence-corrected chi connectivity index (χ2v) is 7.22. The summed E-state index contributed by atoms with van der Waals surface area (Å²) in [5.74, 6) is 0.0442. The van der Waals surface area contributed by atoms with Gasteiger partial charge < -0.3 is 14.6 Å². The first kappa shape index (κ1) is 16.6. The summed E-state index contributed by atoms with van der Waals surface area (Å²) >= 11 is 1.55. The molecule has 1 aliphatic rings. The van der Waals surface area contributed by atoms with Crippen LogP contribution < -0.4 is 5.32 Å². The molecule has 0 saturated carbocycles. The molecule has 2 unspecified atom stereocenters. The average molecular weight is 366 g/mol. The van der Waals surface area contributed by atoms with Crippen LogP contribution in [-0.2, 0) is 11.3 Å². The zero-order chi connectivity index (χ0) is 18.1. The van der Waals surface area contributed by atoms with Crippen LogP contribution in [0.3, 0.4) is 0 Å². The number of benzene rings is 1. The van der Waals surface area contributed by atoms with Crippen LogP contribution >= 0.6 is 11.3 Å². The number of hydrogen-bond donors (Lipinski definition) is 1. The van der Waals surface area contributed by atoms with Gasteiger partial charge in [-0.15, -0.1) is 11.3 Å². The molecular weight excluding hydrogens is 348 g/mol. The highest BCUT2D eigenvalue weighted by molar-refractivity contribution is 7.10. The predicted octanol–water partition coefficient (Wildman–Crippen LogP) is 3.57. The van der Waals surface area contributed by atoms with E-state index in [1.807, 2.05) is 41.8 Å². The number of likely N-dealkylation sites (N-methyl/N-ethyl adjacent to an activating group) is 1. The van der Waals surface area contributed by atoms with Crippen LogP contribution in [0.25, 0.3) is 0 Å². The van der Waals surface area contributed by atoms with E-state index in [1.54, 1.807) is 41.7 Å². The highest BCUT2D eigenvalue weighted by Crippen LogP contribution is 2.43. The number of hydrogen-bond acceptors (Lipinski definition) is 4. The summed E-state index contributed by atoms with van der Waals surface area (Å²) in [4.78, 5) is 28.6. The van der Waals surface area contributed by atoms with Crippen molar-refractivity contribution < 1.29 is 14.0 Å². The number of furan rings is 1. The Morgan fingerprint density at radius 1 is 1.19 bits per heavy atom. The zero-order valence-electron chi connectivity index (χ0n) is 14.2. The third-order valence-corrected chi connectivity index (χ3v) is 5.66. The molecule has 0 aliphatic carbocycles. The van der Waals surface area contributed by atoms with E-state index in [4.69, 9.17) is 4.42 Å². The van der Waals surface area contributed by atoms with E-state index in [0.29, 0.717) is 17.9 Å². The first-order chi connectivity index (χ1) is 12.7. The van der Waals surface area contributed by atoms with Gasteiger partial charge in [0.2, 0.25) is 5.91 Å². The standard InChI is InChI=1S/C20H18N2O3S/c1-22-18(16-9-5-11-26-16)17(14-7-2-3-8-15(14)20(22)24)19(23)21-12-13-6-4-10-25-13/h2-11,17-18H,12H2,1H3,(H,21,23). The van der Waals surface area contributed by atoms with Crippen LogP contribution in [0.1, 0.15) is 38.5 Å². The van der Waals surface area contributed by atoms with Crippen LogP contribution in [0.2, 0.25) is 0 Å². The third kappa shape index (κ3) is 2.82. The van der Waals surface area contributed by atoms with Gasteiger partial charge in [0.25, 0.3) is 5.91 Å². The maximum atomic E-state index is 13.1. The van der Waals surface area contributed by atoms with E-state index in [2.05, 4.69) is 5.32 Å². The molecule has 26 heavy (non-hydrogen) atoms. The lowest BCUT2D eigenvalue weighted by molar-refractivity contribution is -0.124. The lowest BCUT2D eigenvalue weighted by atomic mass is 9.81. The largest absolute Gasteiger partial charge is 0.467 e. The number of amides is 2. The Kier molecular flexibility index (Phi) is 4.34. The summed E-state index contributed by atoms with van der Waals surface area (Å²) in [6.45, 7) is 0.319. The molecule has 1 aromatic carbocycles. The fourth-order valence-corrected chi connectivity index (χ4v) is 4.37. The van der Waals surface area contributed by atoms with Crippen LogP contribution in [0.4, 0.5) is 0 Å². The molecule has 0 fully saturated rings. The summed E-state index contributed by atoms with van der Waals surface area (Å²) in [7, 11) is 1.76. The van der Waals surface area contributed by atoms with Gasteiger partial charge in [0.15, 0.2) is 0 Å². The molecule has 4 rings (SSSR count). The van der Waals surface area contributed by atoms with Gasteiger partial charge in [-0.05, 0) is 35.2 Å². The van der Waals surface area contributed by atoms with Gasteiger partial charge in [0.1, 0.15) is 5.76 Å². The van der Waals surface area contributed by atoms with E-state index in [9.17, 15) is 9.59 Å². The van der Waals surface area contributed by atoms with Crippen LogP contribution in [0.5, 0.6) is 0 Å². The normalized spacial score (nSPS) is 19.3. The summed E-state index contributed by atoms with van der Waals surface area (Å²) in [6, 6.07) is 14.6. The van der Waals surface area contributed by atoms with Crippen LogP contribution in [0, 0.1) is 0 Å². The number of fused-ring (bicyclic) bond motifs is 1. The highest BCUT2D eigenvalue weighted by atomic mass is 32.1. The number of carbonyl (C=O) groups excluding carboxylic acids is 2. The topological polar surface area (TPSA) is 62.6 Å². The van der Waals surface area contributed by atoms with Gasteiger partial charge in [-0.2, -0.15) is 0 Å². The monoisotopic (exact) mass is 366 g/mol. The minimum absolute atomic E-state index is 0.0610. The average Bonchev–Trinajstić information content (AvgIpc) is 3.36. The van der Waals surface area contributed by atoms with Crippen molar-refractivity contribution in [3.8, 4) is 0 Å². The van der Waals surface area contributed by atoms with Gasteiger partial charge in [-0.1, -0.05) is 24.3 Å². The second kappa shape index (κ2) is 6.80. The summed E-state index contributed by atoms with van der Waals surface area (Å²) in [5, 5.41) is 4.92. The fraction of sp³-hybridized carbons (Fsp3) is 0.200. The molecule has 2 aromatic heterocycles. The summed E-state index contributed by atoms with van der Waals surface area (Å²) in [6.07, 6.45) is 1.58. The molecule has 5 nitrogen and oxygen atoms in total. The Labute approximate surface area is 155 Å². The van der Waals surface area contributed by atoms with E-state index in [-0.39, 0.29) is 17.9 Å². The van der Waals surface area contributed by atoms with Gasteiger partial charge >= 0.3 is 0 Å². The molecular formula is C20H18N2O3S. The molecule has 132 valence electrons. The van der Waals surface area contributed by atoms with Crippen LogP contribution in [0.15, 0.2) is 64.6 Å². The number of nitrogens with one attached hydrogen (secondary N) is 1. The van der Waals surface area contributed by atoms with E-state index in [1.165, 1.54) is 0 Å². The van der Waals surface area contributed by atoms with E-state index >= 15 is 0 Å². The van der Waals surface area contributed by atoms with E-state index < -0.39 is 5.92 Å². The second-order valence-electron chi connectivity index (χ2n) is 6.24. The van der Waals surface area contributed by atoms with Gasteiger partial charge in [-0.25, -0.2) is 0 Å². The molecule has 2 amide bonds. The Balaban J connectivity index is 1.72. The molecule has 6 heteroatoms. The minimum atomic E-state index is -0.470. The third-order valence-electron chi connectivity index (χ3n) is 4.71. The Hall–Kier alpha value is -2.86. The Bertz CT molecular complexity index is 918. The van der Waals surface area contributed by atoms with Crippen molar-refractivity contribution >= 4 is 23.2 Å². The molecule has 0 spiro atoms. The number of thiophene rings is 1. The lowest BCUT2D eigenvalue weighted by Crippen LogP contribution is -2.45. The predicted molar refractivity (Wildman–Crippen MR) is 98.9 cm³/mol. The SMILES string of the molecule is CN1C(=O)c2ccccc2C(C(=O)NCc2ccco2)C1c1cccs1.